The predicted octanol–water partition coefficient (Wildman–Crippen LogP) is 4.71. The first kappa shape index (κ1) is 26.1. The summed E-state index contributed by atoms with van der Waals surface area (Å²) in [5.41, 5.74) is 6.09. The lowest BCUT2D eigenvalue weighted by atomic mass is 10.1. The van der Waals surface area contributed by atoms with E-state index >= 15 is 0 Å². The number of aromatic nitrogens is 3. The maximum atomic E-state index is 13.0. The molecule has 13 heteroatoms. The van der Waals surface area contributed by atoms with Crippen LogP contribution in [0.4, 0.5) is 5.13 Å². The summed E-state index contributed by atoms with van der Waals surface area (Å²) in [4.78, 5) is 28.4. The van der Waals surface area contributed by atoms with Crippen molar-refractivity contribution in [3.8, 4) is 28.7 Å². The summed E-state index contributed by atoms with van der Waals surface area (Å²) >= 11 is 6.91. The molecule has 2 heterocycles. The molecular weight excluding hydrogens is 522 g/mol. The molecule has 4 aromatic rings. The van der Waals surface area contributed by atoms with E-state index in [1.807, 2.05) is 6.92 Å². The van der Waals surface area contributed by atoms with Crippen LogP contribution in [0.1, 0.15) is 33.7 Å². The molecule has 0 saturated heterocycles. The van der Waals surface area contributed by atoms with Gasteiger partial charge in [-0.25, -0.2) is 4.98 Å². The smallest absolute Gasteiger partial charge is 0.269 e. The molecule has 3 N–H and O–H groups in total. The van der Waals surface area contributed by atoms with Gasteiger partial charge in [-0.2, -0.15) is 0 Å². The van der Waals surface area contributed by atoms with Crippen LogP contribution in [0, 0.1) is 6.92 Å². The molecule has 192 valence electrons. The van der Waals surface area contributed by atoms with Crippen molar-refractivity contribution in [2.24, 2.45) is 5.73 Å². The number of carbonyl (C=O) groups is 2. The maximum Gasteiger partial charge on any atom is 0.269 e. The molecule has 2 amide bonds. The fraction of sp³-hybridized carbons (Fsp3) is 0.208. The molecule has 0 aliphatic rings. The molecule has 2 aromatic heterocycles. The number of carbonyl (C=O) groups excluding carboxylic acids is 2. The van der Waals surface area contributed by atoms with Crippen molar-refractivity contribution >= 4 is 39.9 Å². The second kappa shape index (κ2) is 11.4. The second-order valence-electron chi connectivity index (χ2n) is 7.79. The highest BCUT2D eigenvalue weighted by Crippen LogP contribution is 2.31. The number of methoxy groups -OCH3 is 1. The van der Waals surface area contributed by atoms with Crippen LogP contribution in [0.2, 0.25) is 4.34 Å². The number of anilines is 1. The lowest BCUT2D eigenvalue weighted by Gasteiger charge is -2.16. The van der Waals surface area contributed by atoms with Gasteiger partial charge in [0.05, 0.1) is 6.61 Å². The summed E-state index contributed by atoms with van der Waals surface area (Å²) in [5, 5.41) is 10.6. The minimum absolute atomic E-state index is 0.0800. The Morgan fingerprint density at radius 1 is 1.14 bits per heavy atom. The summed E-state index contributed by atoms with van der Waals surface area (Å²) in [6.07, 6.45) is -0.288. The number of ether oxygens (including phenoxy) is 3. The largest absolute Gasteiger partial charge is 0.488 e. The molecular formula is C24H22ClN5O6S. The van der Waals surface area contributed by atoms with E-state index in [9.17, 15) is 9.59 Å². The van der Waals surface area contributed by atoms with Crippen LogP contribution in [-0.4, -0.2) is 46.8 Å². The van der Waals surface area contributed by atoms with Crippen LogP contribution >= 0.6 is 22.9 Å². The predicted molar refractivity (Wildman–Crippen MR) is 137 cm³/mol. The van der Waals surface area contributed by atoms with Crippen molar-refractivity contribution in [3.05, 3.63) is 63.9 Å². The average molecular weight is 544 g/mol. The number of benzene rings is 2. The third kappa shape index (κ3) is 6.61. The Balaban J connectivity index is 1.58. The second-order valence-corrected chi connectivity index (χ2v) is 9.39. The number of hydrogen-bond donors (Lipinski definition) is 2. The zero-order valence-electron chi connectivity index (χ0n) is 20.0. The minimum atomic E-state index is -0.791. The van der Waals surface area contributed by atoms with E-state index in [4.69, 9.17) is 36.0 Å². The molecule has 0 aliphatic heterocycles. The molecule has 0 spiro atoms. The van der Waals surface area contributed by atoms with E-state index in [0.717, 1.165) is 16.9 Å². The summed E-state index contributed by atoms with van der Waals surface area (Å²) in [6.45, 7) is 3.89. The van der Waals surface area contributed by atoms with Gasteiger partial charge in [0, 0.05) is 31.2 Å². The molecule has 1 unspecified atom stereocenters. The Bertz CT molecular complexity index is 1420. The number of halogens is 1. The lowest BCUT2D eigenvalue weighted by molar-refractivity contribution is 0.0916. The number of hydrogen-bond acceptors (Lipinski definition) is 10. The van der Waals surface area contributed by atoms with E-state index in [0.29, 0.717) is 35.6 Å². The van der Waals surface area contributed by atoms with Gasteiger partial charge in [0.25, 0.3) is 11.8 Å². The van der Waals surface area contributed by atoms with Crippen molar-refractivity contribution in [1.82, 2.24) is 15.2 Å². The molecule has 0 saturated carbocycles. The zero-order valence-corrected chi connectivity index (χ0v) is 21.6. The number of aryl methyl sites for hydroxylation is 1. The SMILES string of the molecule is COCC(C)Oc1cc(Oc2ccc(-c3nnc(C)o3)cc2)cc(C(=O)Nc2nc(C(N)=O)c(Cl)s2)c1. The molecule has 0 aliphatic carbocycles. The average Bonchev–Trinajstić information content (AvgIpc) is 3.44. The van der Waals surface area contributed by atoms with E-state index in [-0.39, 0.29) is 26.8 Å². The van der Waals surface area contributed by atoms with E-state index in [1.54, 1.807) is 56.5 Å². The summed E-state index contributed by atoms with van der Waals surface area (Å²) < 4.78 is 22.6. The molecule has 11 nitrogen and oxygen atoms in total. The highest BCUT2D eigenvalue weighted by molar-refractivity contribution is 7.20. The number of nitrogens with two attached hydrogens (primary N) is 1. The van der Waals surface area contributed by atoms with Gasteiger partial charge in [0.1, 0.15) is 27.7 Å². The van der Waals surface area contributed by atoms with Gasteiger partial charge in [-0.3, -0.25) is 14.9 Å². The van der Waals surface area contributed by atoms with Crippen molar-refractivity contribution in [2.75, 3.05) is 19.0 Å². The Morgan fingerprint density at radius 2 is 1.86 bits per heavy atom. The normalized spacial score (nSPS) is 11.7. The standard InChI is InChI=1S/C24H22ClN5O6S/c1-12(11-33-3)34-17-8-15(22(32)28-24-27-19(21(26)31)20(25)37-24)9-18(10-17)36-16-6-4-14(5-7-16)23-30-29-13(2)35-23/h4-10,12H,11H2,1-3H3,(H2,26,31)(H,27,28,32). The molecule has 0 bridgehead atoms. The number of primary amides is 1. The number of nitrogens with zero attached hydrogens (tertiary/aromatic N) is 3. The summed E-state index contributed by atoms with van der Waals surface area (Å²) in [5.74, 6) is 0.798. The first-order valence-corrected chi connectivity index (χ1v) is 12.1. The highest BCUT2D eigenvalue weighted by atomic mass is 35.5. The first-order valence-electron chi connectivity index (χ1n) is 10.9. The monoisotopic (exact) mass is 543 g/mol. The number of nitrogens with one attached hydrogen (secondary N) is 1. The van der Waals surface area contributed by atoms with E-state index in [1.165, 1.54) is 0 Å². The van der Waals surface area contributed by atoms with Crippen LogP contribution in [0.15, 0.2) is 46.9 Å². The minimum Gasteiger partial charge on any atom is -0.488 e. The van der Waals surface area contributed by atoms with Gasteiger partial charge < -0.3 is 24.4 Å². The summed E-state index contributed by atoms with van der Waals surface area (Å²) in [6, 6.07) is 11.8. The van der Waals surface area contributed by atoms with E-state index < -0.39 is 11.8 Å². The van der Waals surface area contributed by atoms with Crippen LogP contribution in [-0.2, 0) is 4.74 Å². The third-order valence-electron chi connectivity index (χ3n) is 4.78. The third-order valence-corrected chi connectivity index (χ3v) is 5.95. The van der Waals surface area contributed by atoms with Crippen molar-refractivity contribution in [2.45, 2.75) is 20.0 Å². The van der Waals surface area contributed by atoms with Gasteiger partial charge in [-0.1, -0.05) is 22.9 Å². The molecule has 0 radical (unpaired) electrons. The molecule has 4 rings (SSSR count). The van der Waals surface area contributed by atoms with Gasteiger partial charge in [0.15, 0.2) is 10.8 Å². The molecule has 2 aromatic carbocycles. The van der Waals surface area contributed by atoms with Crippen LogP contribution in [0.25, 0.3) is 11.5 Å². The molecule has 0 fully saturated rings. The zero-order chi connectivity index (χ0) is 26.5. The number of thiazole rings is 1. The van der Waals surface area contributed by atoms with Crippen molar-refractivity contribution in [1.29, 1.82) is 0 Å². The number of amides is 2. The maximum absolute atomic E-state index is 13.0. The fourth-order valence-corrected chi connectivity index (χ4v) is 4.27. The fourth-order valence-electron chi connectivity index (χ4n) is 3.22. The lowest BCUT2D eigenvalue weighted by Crippen LogP contribution is -2.18. The van der Waals surface area contributed by atoms with Crippen molar-refractivity contribution < 1.29 is 28.2 Å². The highest BCUT2D eigenvalue weighted by Gasteiger charge is 2.18. The quantitative estimate of drug-likeness (QED) is 0.289. The molecule has 1 atom stereocenters. The Kier molecular flexibility index (Phi) is 8.01. The van der Waals surface area contributed by atoms with Crippen molar-refractivity contribution in [3.63, 3.8) is 0 Å². The number of rotatable bonds is 10. The Hall–Kier alpha value is -4.00. The van der Waals surface area contributed by atoms with Crippen LogP contribution in [0.5, 0.6) is 17.2 Å². The first-order chi connectivity index (χ1) is 17.7. The van der Waals surface area contributed by atoms with Gasteiger partial charge in [0.2, 0.25) is 11.8 Å². The van der Waals surface area contributed by atoms with Crippen LogP contribution < -0.4 is 20.5 Å². The molecule has 37 heavy (non-hydrogen) atoms. The van der Waals surface area contributed by atoms with Gasteiger partial charge in [-0.05, 0) is 43.3 Å². The Morgan fingerprint density at radius 3 is 2.49 bits per heavy atom. The van der Waals surface area contributed by atoms with E-state index in [2.05, 4.69) is 20.5 Å². The van der Waals surface area contributed by atoms with Gasteiger partial charge >= 0.3 is 0 Å². The Labute approximate surface area is 220 Å². The van der Waals surface area contributed by atoms with Crippen LogP contribution in [0.3, 0.4) is 0 Å². The summed E-state index contributed by atoms with van der Waals surface area (Å²) in [7, 11) is 1.57. The van der Waals surface area contributed by atoms with Gasteiger partial charge in [-0.15, -0.1) is 10.2 Å². The topological polar surface area (TPSA) is 152 Å².